The normalized spacial score (nSPS) is 9.92. The molecule has 1 aromatic rings. The minimum Gasteiger partial charge on any atom is -0.465 e. The van der Waals surface area contributed by atoms with Crippen LogP contribution >= 0.6 is 23.1 Å². The molecule has 0 bridgehead atoms. The number of hydrogen-bond donors (Lipinski definition) is 1. The Morgan fingerprint density at radius 3 is 3.15 bits per heavy atom. The van der Waals surface area contributed by atoms with Crippen molar-refractivity contribution in [3.8, 4) is 0 Å². The number of ether oxygens (including phenoxy) is 1. The third kappa shape index (κ3) is 3.65. The van der Waals surface area contributed by atoms with E-state index in [0.717, 1.165) is 4.21 Å². The molecule has 1 heterocycles. The van der Waals surface area contributed by atoms with Gasteiger partial charge in [-0.25, -0.2) is 4.98 Å². The number of carbonyl (C=O) groups is 1. The fourth-order valence-electron chi connectivity index (χ4n) is 0.672. The minimum absolute atomic E-state index is 0.209. The van der Waals surface area contributed by atoms with Gasteiger partial charge in [0, 0.05) is 0 Å². The molecule has 0 radical (unpaired) electrons. The van der Waals surface area contributed by atoms with Crippen LogP contribution in [0, 0.1) is 0 Å². The van der Waals surface area contributed by atoms with Gasteiger partial charge in [0.15, 0.2) is 5.13 Å². The lowest BCUT2D eigenvalue weighted by atomic mass is 10.8. The monoisotopic (exact) mass is 218 g/mol. The van der Waals surface area contributed by atoms with Crippen LogP contribution in [0.15, 0.2) is 10.4 Å². The minimum atomic E-state index is -0.209. The largest absolute Gasteiger partial charge is 0.465 e. The van der Waals surface area contributed by atoms with Crippen molar-refractivity contribution in [1.29, 1.82) is 0 Å². The number of nitrogens with two attached hydrogens (primary N) is 1. The van der Waals surface area contributed by atoms with Crippen LogP contribution in [0.25, 0.3) is 0 Å². The number of anilines is 1. The van der Waals surface area contributed by atoms with Crippen molar-refractivity contribution in [3.05, 3.63) is 6.20 Å². The molecule has 0 spiro atoms. The zero-order chi connectivity index (χ0) is 9.68. The summed E-state index contributed by atoms with van der Waals surface area (Å²) >= 11 is 2.76. The summed E-state index contributed by atoms with van der Waals surface area (Å²) in [5.41, 5.74) is 5.42. The maximum Gasteiger partial charge on any atom is 0.316 e. The van der Waals surface area contributed by atoms with Crippen LogP contribution in [0.3, 0.4) is 0 Å². The van der Waals surface area contributed by atoms with E-state index in [1.165, 1.54) is 23.1 Å². The Hall–Kier alpha value is -0.750. The summed E-state index contributed by atoms with van der Waals surface area (Å²) in [6, 6.07) is 0. The second-order valence-electron chi connectivity index (χ2n) is 2.11. The van der Waals surface area contributed by atoms with E-state index in [4.69, 9.17) is 10.5 Å². The molecule has 0 aliphatic heterocycles. The van der Waals surface area contributed by atoms with E-state index < -0.39 is 0 Å². The standard InChI is InChI=1S/C7H10N2O2S2/c1-2-11-5(10)4-12-6-3-9-7(8)13-6/h3H,2,4H2,1H3,(H2,8,9). The number of rotatable bonds is 4. The maximum absolute atomic E-state index is 10.9. The van der Waals surface area contributed by atoms with Gasteiger partial charge in [0.1, 0.15) is 0 Å². The van der Waals surface area contributed by atoms with E-state index in [2.05, 4.69) is 4.98 Å². The average Bonchev–Trinajstić information content (AvgIpc) is 2.49. The first kappa shape index (κ1) is 10.3. The smallest absolute Gasteiger partial charge is 0.316 e. The molecule has 13 heavy (non-hydrogen) atoms. The van der Waals surface area contributed by atoms with Gasteiger partial charge in [0.2, 0.25) is 0 Å². The van der Waals surface area contributed by atoms with E-state index in [-0.39, 0.29) is 5.97 Å². The van der Waals surface area contributed by atoms with Gasteiger partial charge >= 0.3 is 5.97 Å². The second kappa shape index (κ2) is 5.08. The van der Waals surface area contributed by atoms with E-state index in [1.54, 1.807) is 13.1 Å². The van der Waals surface area contributed by atoms with Gasteiger partial charge in [-0.1, -0.05) is 11.3 Å². The van der Waals surface area contributed by atoms with Crippen LogP contribution in [0.4, 0.5) is 5.13 Å². The zero-order valence-corrected chi connectivity index (χ0v) is 8.78. The van der Waals surface area contributed by atoms with Crippen molar-refractivity contribution in [2.24, 2.45) is 0 Å². The summed E-state index contributed by atoms with van der Waals surface area (Å²) < 4.78 is 5.70. The molecule has 2 N–H and O–H groups in total. The molecule has 0 aliphatic rings. The quantitative estimate of drug-likeness (QED) is 0.611. The summed E-state index contributed by atoms with van der Waals surface area (Å²) in [5.74, 6) is 0.106. The Bertz CT molecular complexity index is 288. The van der Waals surface area contributed by atoms with Crippen LogP contribution in [0.2, 0.25) is 0 Å². The number of nitrogen functional groups attached to an aromatic ring is 1. The van der Waals surface area contributed by atoms with Crippen LogP contribution < -0.4 is 5.73 Å². The summed E-state index contributed by atoms with van der Waals surface area (Å²) in [6.45, 7) is 2.21. The van der Waals surface area contributed by atoms with Crippen molar-refractivity contribution in [2.75, 3.05) is 18.1 Å². The molecule has 1 rings (SSSR count). The fourth-order valence-corrected chi connectivity index (χ4v) is 2.23. The van der Waals surface area contributed by atoms with E-state index in [9.17, 15) is 4.79 Å². The third-order valence-corrected chi connectivity index (χ3v) is 3.13. The lowest BCUT2D eigenvalue weighted by Crippen LogP contribution is -2.05. The molecule has 0 atom stereocenters. The van der Waals surface area contributed by atoms with Gasteiger partial charge in [0.05, 0.1) is 22.8 Å². The lowest BCUT2D eigenvalue weighted by molar-refractivity contribution is -0.139. The summed E-state index contributed by atoms with van der Waals surface area (Å²) in [7, 11) is 0. The number of nitrogens with zero attached hydrogens (tertiary/aromatic N) is 1. The average molecular weight is 218 g/mol. The summed E-state index contributed by atoms with van der Waals surface area (Å²) in [5, 5.41) is 0.520. The Morgan fingerprint density at radius 2 is 2.62 bits per heavy atom. The van der Waals surface area contributed by atoms with E-state index in [1.807, 2.05) is 0 Å². The van der Waals surface area contributed by atoms with Crippen molar-refractivity contribution in [1.82, 2.24) is 4.98 Å². The summed E-state index contributed by atoms with van der Waals surface area (Å²) in [4.78, 5) is 14.8. The summed E-state index contributed by atoms with van der Waals surface area (Å²) in [6.07, 6.45) is 1.66. The molecule has 4 nitrogen and oxygen atoms in total. The van der Waals surface area contributed by atoms with Crippen molar-refractivity contribution < 1.29 is 9.53 Å². The van der Waals surface area contributed by atoms with Crippen molar-refractivity contribution >= 4 is 34.2 Å². The number of carbonyl (C=O) groups excluding carboxylic acids is 1. The fraction of sp³-hybridized carbons (Fsp3) is 0.429. The highest BCUT2D eigenvalue weighted by atomic mass is 32.2. The Balaban J connectivity index is 2.30. The first-order valence-electron chi connectivity index (χ1n) is 3.72. The van der Waals surface area contributed by atoms with Gasteiger partial charge in [0.25, 0.3) is 0 Å². The maximum atomic E-state index is 10.9. The molecule has 0 saturated heterocycles. The lowest BCUT2D eigenvalue weighted by Gasteiger charge is -1.98. The van der Waals surface area contributed by atoms with Gasteiger partial charge in [-0.15, -0.1) is 11.8 Å². The van der Waals surface area contributed by atoms with E-state index >= 15 is 0 Å². The Labute approximate surface area is 84.5 Å². The Kier molecular flexibility index (Phi) is 4.04. The first-order chi connectivity index (χ1) is 6.22. The molecule has 0 aliphatic carbocycles. The number of aromatic nitrogens is 1. The topological polar surface area (TPSA) is 65.2 Å². The van der Waals surface area contributed by atoms with E-state index in [0.29, 0.717) is 17.5 Å². The number of thiazole rings is 1. The van der Waals surface area contributed by atoms with Gasteiger partial charge < -0.3 is 10.5 Å². The SMILES string of the molecule is CCOC(=O)CSc1cnc(N)s1. The molecular weight excluding hydrogens is 208 g/mol. The molecule has 0 fully saturated rings. The second-order valence-corrected chi connectivity index (χ2v) is 4.45. The third-order valence-electron chi connectivity index (χ3n) is 1.14. The number of esters is 1. The highest BCUT2D eigenvalue weighted by Gasteiger charge is 2.04. The molecule has 1 aromatic heterocycles. The molecule has 6 heteroatoms. The van der Waals surface area contributed by atoms with Crippen molar-refractivity contribution in [3.63, 3.8) is 0 Å². The van der Waals surface area contributed by atoms with Gasteiger partial charge in [-0.3, -0.25) is 4.79 Å². The van der Waals surface area contributed by atoms with Gasteiger partial charge in [-0.05, 0) is 6.92 Å². The van der Waals surface area contributed by atoms with Crippen LogP contribution in [0.5, 0.6) is 0 Å². The zero-order valence-electron chi connectivity index (χ0n) is 7.15. The van der Waals surface area contributed by atoms with Gasteiger partial charge in [-0.2, -0.15) is 0 Å². The van der Waals surface area contributed by atoms with Crippen LogP contribution in [-0.4, -0.2) is 23.3 Å². The molecule has 72 valence electrons. The highest BCUT2D eigenvalue weighted by molar-refractivity contribution is 8.01. The molecule has 0 aromatic carbocycles. The molecular formula is C7H10N2O2S2. The number of hydrogen-bond acceptors (Lipinski definition) is 6. The molecule has 0 saturated carbocycles. The van der Waals surface area contributed by atoms with Crippen LogP contribution in [-0.2, 0) is 9.53 Å². The molecule has 0 amide bonds. The first-order valence-corrected chi connectivity index (χ1v) is 5.52. The number of thioether (sulfide) groups is 1. The molecule has 0 unspecified atom stereocenters. The van der Waals surface area contributed by atoms with Crippen molar-refractivity contribution in [2.45, 2.75) is 11.1 Å². The highest BCUT2D eigenvalue weighted by Crippen LogP contribution is 2.26. The predicted molar refractivity (Wildman–Crippen MR) is 53.9 cm³/mol. The van der Waals surface area contributed by atoms with Crippen LogP contribution in [0.1, 0.15) is 6.92 Å². The Morgan fingerprint density at radius 1 is 1.85 bits per heavy atom. The predicted octanol–water partition coefficient (Wildman–Crippen LogP) is 1.38.